The Morgan fingerprint density at radius 3 is 2.95 bits per heavy atom. The summed E-state index contributed by atoms with van der Waals surface area (Å²) in [5.41, 5.74) is 8.53. The Kier molecular flexibility index (Phi) is 4.99. The Balaban J connectivity index is 2.33. The highest BCUT2D eigenvalue weighted by Gasteiger charge is 2.23. The molecular formula is C15H24N2OS. The molecule has 0 aromatic heterocycles. The van der Waals surface area contributed by atoms with Crippen LogP contribution in [0.5, 0.6) is 5.75 Å². The van der Waals surface area contributed by atoms with Crippen LogP contribution in [0.25, 0.3) is 0 Å². The second-order valence-corrected chi connectivity index (χ2v) is 6.44. The highest BCUT2D eigenvalue weighted by atomic mass is 32.2. The van der Waals surface area contributed by atoms with E-state index >= 15 is 0 Å². The van der Waals surface area contributed by atoms with Crippen LogP contribution in [-0.2, 0) is 0 Å². The first kappa shape index (κ1) is 14.5. The van der Waals surface area contributed by atoms with Crippen molar-refractivity contribution < 1.29 is 4.74 Å². The van der Waals surface area contributed by atoms with Gasteiger partial charge < -0.3 is 15.4 Å². The average molecular weight is 280 g/mol. The fraction of sp³-hybridized carbons (Fsp3) is 0.600. The van der Waals surface area contributed by atoms with Crippen LogP contribution in [0.15, 0.2) is 18.2 Å². The average Bonchev–Trinajstić information content (AvgIpc) is 2.46. The van der Waals surface area contributed by atoms with Crippen LogP contribution in [-0.4, -0.2) is 31.2 Å². The van der Waals surface area contributed by atoms with Crippen molar-refractivity contribution >= 4 is 17.4 Å². The number of hydrogen-bond donors (Lipinski definition) is 1. The van der Waals surface area contributed by atoms with Gasteiger partial charge in [-0.15, -0.1) is 0 Å². The lowest BCUT2D eigenvalue weighted by molar-refractivity contribution is 0.407. The zero-order valence-corrected chi connectivity index (χ0v) is 12.9. The number of anilines is 1. The molecule has 1 aromatic carbocycles. The van der Waals surface area contributed by atoms with Gasteiger partial charge in [-0.05, 0) is 25.5 Å². The van der Waals surface area contributed by atoms with Crippen LogP contribution in [0.1, 0.15) is 31.9 Å². The molecule has 0 amide bonds. The normalized spacial score (nSPS) is 21.3. The van der Waals surface area contributed by atoms with E-state index in [0.717, 1.165) is 29.7 Å². The van der Waals surface area contributed by atoms with Crippen LogP contribution in [0.4, 0.5) is 5.69 Å². The molecule has 4 heteroatoms. The fourth-order valence-electron chi connectivity index (χ4n) is 2.63. The molecule has 0 radical (unpaired) electrons. The van der Waals surface area contributed by atoms with Crippen molar-refractivity contribution in [2.24, 2.45) is 5.73 Å². The first-order valence-electron chi connectivity index (χ1n) is 6.96. The molecule has 0 saturated carbocycles. The fourth-order valence-corrected chi connectivity index (χ4v) is 3.81. The maximum absolute atomic E-state index is 6.15. The summed E-state index contributed by atoms with van der Waals surface area (Å²) in [5.74, 6) is 2.09. The molecule has 1 aliphatic rings. The van der Waals surface area contributed by atoms with Crippen molar-refractivity contribution in [2.45, 2.75) is 31.6 Å². The van der Waals surface area contributed by atoms with Gasteiger partial charge in [0.1, 0.15) is 5.75 Å². The minimum absolute atomic E-state index is 0.0131. The second kappa shape index (κ2) is 6.53. The van der Waals surface area contributed by atoms with Crippen LogP contribution in [0, 0.1) is 0 Å². The second-order valence-electron chi connectivity index (χ2n) is 5.03. The molecule has 1 fully saturated rings. The number of hydrogen-bond acceptors (Lipinski definition) is 4. The van der Waals surface area contributed by atoms with Gasteiger partial charge in [-0.3, -0.25) is 0 Å². The number of nitrogens with zero attached hydrogens (tertiary/aromatic N) is 1. The maximum atomic E-state index is 6.15. The predicted octanol–water partition coefficient (Wildman–Crippen LogP) is 3.05. The lowest BCUT2D eigenvalue weighted by atomic mass is 10.0. The molecule has 2 atom stereocenters. The molecule has 0 aliphatic carbocycles. The highest BCUT2D eigenvalue weighted by molar-refractivity contribution is 8.00. The largest absolute Gasteiger partial charge is 0.496 e. The molecule has 0 spiro atoms. The van der Waals surface area contributed by atoms with Gasteiger partial charge in [0.25, 0.3) is 0 Å². The predicted molar refractivity (Wildman–Crippen MR) is 84.3 cm³/mol. The number of benzene rings is 1. The minimum atomic E-state index is -0.0131. The SMILES string of the molecule is CCC1CN(c2cccc(OC)c2[C@@H](C)N)CCS1. The topological polar surface area (TPSA) is 38.5 Å². The summed E-state index contributed by atoms with van der Waals surface area (Å²) < 4.78 is 5.48. The Morgan fingerprint density at radius 2 is 2.32 bits per heavy atom. The maximum Gasteiger partial charge on any atom is 0.125 e. The van der Waals surface area contributed by atoms with E-state index < -0.39 is 0 Å². The summed E-state index contributed by atoms with van der Waals surface area (Å²) >= 11 is 2.08. The van der Waals surface area contributed by atoms with Crippen molar-refractivity contribution in [3.8, 4) is 5.75 Å². The van der Waals surface area contributed by atoms with Gasteiger partial charge in [0.2, 0.25) is 0 Å². The molecule has 3 nitrogen and oxygen atoms in total. The van der Waals surface area contributed by atoms with Crippen LogP contribution >= 0.6 is 11.8 Å². The molecule has 2 rings (SSSR count). The van der Waals surface area contributed by atoms with E-state index in [-0.39, 0.29) is 6.04 Å². The molecule has 0 bridgehead atoms. The van der Waals surface area contributed by atoms with E-state index in [1.54, 1.807) is 7.11 Å². The summed E-state index contributed by atoms with van der Waals surface area (Å²) in [6.45, 7) is 6.48. The molecule has 2 N–H and O–H groups in total. The molecular weight excluding hydrogens is 256 g/mol. The van der Waals surface area contributed by atoms with Crippen LogP contribution in [0.2, 0.25) is 0 Å². The van der Waals surface area contributed by atoms with E-state index in [0.29, 0.717) is 0 Å². The highest BCUT2D eigenvalue weighted by Crippen LogP contribution is 2.35. The third kappa shape index (κ3) is 3.18. The molecule has 106 valence electrons. The molecule has 1 saturated heterocycles. The zero-order valence-electron chi connectivity index (χ0n) is 12.1. The molecule has 1 aliphatic heterocycles. The van der Waals surface area contributed by atoms with Gasteiger partial charge in [0.05, 0.1) is 7.11 Å². The van der Waals surface area contributed by atoms with E-state index in [4.69, 9.17) is 10.5 Å². The summed E-state index contributed by atoms with van der Waals surface area (Å²) in [6.07, 6.45) is 1.22. The van der Waals surface area contributed by atoms with Crippen molar-refractivity contribution in [3.05, 3.63) is 23.8 Å². The first-order chi connectivity index (χ1) is 9.17. The number of rotatable bonds is 4. The van der Waals surface area contributed by atoms with E-state index in [9.17, 15) is 0 Å². The Labute approximate surface area is 120 Å². The lowest BCUT2D eigenvalue weighted by Crippen LogP contribution is -2.38. The standard InChI is InChI=1S/C15H24N2OS/c1-4-12-10-17(8-9-19-12)13-6-5-7-14(18-3)15(13)11(2)16/h5-7,11-12H,4,8-10,16H2,1-3H3/t11-,12?/m1/s1. The number of ether oxygens (including phenoxy) is 1. The van der Waals surface area contributed by atoms with Crippen LogP contribution < -0.4 is 15.4 Å². The van der Waals surface area contributed by atoms with E-state index in [2.05, 4.69) is 35.7 Å². The van der Waals surface area contributed by atoms with Gasteiger partial charge >= 0.3 is 0 Å². The molecule has 1 aromatic rings. The van der Waals surface area contributed by atoms with Gasteiger partial charge in [-0.1, -0.05) is 13.0 Å². The molecule has 1 heterocycles. The smallest absolute Gasteiger partial charge is 0.125 e. The summed E-state index contributed by atoms with van der Waals surface area (Å²) in [4.78, 5) is 2.46. The summed E-state index contributed by atoms with van der Waals surface area (Å²) in [5, 5.41) is 0.723. The lowest BCUT2D eigenvalue weighted by Gasteiger charge is -2.35. The monoisotopic (exact) mass is 280 g/mol. The quantitative estimate of drug-likeness (QED) is 0.920. The van der Waals surface area contributed by atoms with Crippen molar-refractivity contribution in [1.29, 1.82) is 0 Å². The third-order valence-corrected chi connectivity index (χ3v) is 5.03. The van der Waals surface area contributed by atoms with Crippen molar-refractivity contribution in [1.82, 2.24) is 0 Å². The van der Waals surface area contributed by atoms with Gasteiger partial charge in [0, 0.05) is 41.4 Å². The van der Waals surface area contributed by atoms with Gasteiger partial charge in [-0.25, -0.2) is 0 Å². The Morgan fingerprint density at radius 1 is 1.53 bits per heavy atom. The van der Waals surface area contributed by atoms with E-state index in [1.807, 2.05) is 13.0 Å². The molecule has 1 unspecified atom stereocenters. The Bertz CT molecular complexity index is 423. The number of methoxy groups -OCH3 is 1. The number of nitrogens with two attached hydrogens (primary N) is 1. The Hall–Kier alpha value is -0.870. The van der Waals surface area contributed by atoms with Gasteiger partial charge in [-0.2, -0.15) is 11.8 Å². The van der Waals surface area contributed by atoms with Crippen molar-refractivity contribution in [2.75, 3.05) is 30.9 Å². The summed E-state index contributed by atoms with van der Waals surface area (Å²) in [7, 11) is 1.71. The third-order valence-electron chi connectivity index (χ3n) is 3.65. The van der Waals surface area contributed by atoms with Crippen LogP contribution in [0.3, 0.4) is 0 Å². The summed E-state index contributed by atoms with van der Waals surface area (Å²) in [6, 6.07) is 6.21. The van der Waals surface area contributed by atoms with Gasteiger partial charge in [0.15, 0.2) is 0 Å². The molecule has 19 heavy (non-hydrogen) atoms. The zero-order chi connectivity index (χ0) is 13.8. The first-order valence-corrected chi connectivity index (χ1v) is 8.01. The minimum Gasteiger partial charge on any atom is -0.496 e. The van der Waals surface area contributed by atoms with E-state index in [1.165, 1.54) is 17.9 Å². The van der Waals surface area contributed by atoms with Crippen molar-refractivity contribution in [3.63, 3.8) is 0 Å². The number of thioether (sulfide) groups is 1.